The molecule has 1 unspecified atom stereocenters. The number of benzene rings is 4. The number of carbonyl (C=O) groups is 3. The van der Waals surface area contributed by atoms with Crippen molar-refractivity contribution in [2.24, 2.45) is 0 Å². The van der Waals surface area contributed by atoms with Gasteiger partial charge in [-0.2, -0.15) is 4.98 Å². The predicted molar refractivity (Wildman–Crippen MR) is 244 cm³/mol. The van der Waals surface area contributed by atoms with Crippen LogP contribution in [0.25, 0.3) is 16.6 Å². The zero-order valence-corrected chi connectivity index (χ0v) is 36.9. The number of amides is 3. The highest BCUT2D eigenvalue weighted by Gasteiger charge is 2.49. The lowest BCUT2D eigenvalue weighted by atomic mass is 9.69. The number of carbonyl (C=O) groups excluding carboxylic acids is 3. The van der Waals surface area contributed by atoms with Crippen molar-refractivity contribution in [3.8, 4) is 11.4 Å². The van der Waals surface area contributed by atoms with E-state index in [1.807, 2.05) is 18.2 Å². The third-order valence-corrected chi connectivity index (χ3v) is 16.5. The number of likely N-dealkylation sites (tertiary alicyclic amines) is 2. The Morgan fingerprint density at radius 3 is 2.23 bits per heavy atom. The van der Waals surface area contributed by atoms with Gasteiger partial charge >= 0.3 is 0 Å². The molecule has 12 heteroatoms. The largest absolute Gasteiger partial charge is 0.492 e. The first-order valence-corrected chi connectivity index (χ1v) is 23.9. The number of piperidine rings is 3. The lowest BCUT2D eigenvalue weighted by Gasteiger charge is -2.38. The topological polar surface area (TPSA) is 117 Å². The fraction of sp³-hybridized carbons (Fsp3) is 0.442. The summed E-state index contributed by atoms with van der Waals surface area (Å²) in [5.74, 6) is 1.38. The Bertz CT molecular complexity index is 2820. The van der Waals surface area contributed by atoms with Gasteiger partial charge in [0.25, 0.3) is 11.5 Å². The Hall–Kier alpha value is -5.36. The van der Waals surface area contributed by atoms with Crippen molar-refractivity contribution in [2.75, 3.05) is 32.8 Å². The van der Waals surface area contributed by atoms with E-state index >= 15 is 0 Å². The van der Waals surface area contributed by atoms with Gasteiger partial charge in [0.2, 0.25) is 11.8 Å². The van der Waals surface area contributed by atoms with E-state index in [9.17, 15) is 19.2 Å². The SMILES string of the molecule is O=C1CCC(N2Cc3c(ccc4c3OCC43CCN(Cc4ccc(CN5CCC(c6ccc7c(c6)-n6c(nc(=O)c8c(Cl)cccc86)C76CCCCC6)CC5)cc4)CC3)C2=O)C(=O)N1. The van der Waals surface area contributed by atoms with E-state index < -0.39 is 11.9 Å². The fourth-order valence-electron chi connectivity index (χ4n) is 12.7. The Kier molecular flexibility index (Phi) is 9.66. The molecule has 64 heavy (non-hydrogen) atoms. The van der Waals surface area contributed by atoms with E-state index in [2.05, 4.69) is 68.2 Å². The van der Waals surface area contributed by atoms with Gasteiger partial charge in [0.1, 0.15) is 17.6 Å². The molecule has 5 aromatic rings. The second kappa shape index (κ2) is 15.4. The highest BCUT2D eigenvalue weighted by molar-refractivity contribution is 6.35. The molecule has 1 aliphatic carbocycles. The van der Waals surface area contributed by atoms with Crippen LogP contribution in [0.5, 0.6) is 5.75 Å². The number of rotatable bonds is 6. The zero-order valence-electron chi connectivity index (χ0n) is 36.2. The molecule has 12 rings (SSSR count). The van der Waals surface area contributed by atoms with Crippen molar-refractivity contribution >= 4 is 40.2 Å². The molecule has 6 aliphatic heterocycles. The molecule has 4 aromatic carbocycles. The lowest BCUT2D eigenvalue weighted by Crippen LogP contribution is -2.52. The minimum atomic E-state index is -0.632. The summed E-state index contributed by atoms with van der Waals surface area (Å²) in [6.45, 7) is 6.86. The van der Waals surface area contributed by atoms with Gasteiger partial charge in [0, 0.05) is 41.6 Å². The normalized spacial score (nSPS) is 22.7. The Balaban J connectivity index is 0.670. The number of ether oxygens (including phenoxy) is 1. The molecule has 1 aromatic heterocycles. The summed E-state index contributed by atoms with van der Waals surface area (Å²) in [6, 6.07) is 25.5. The first kappa shape index (κ1) is 40.2. The minimum Gasteiger partial charge on any atom is -0.492 e. The van der Waals surface area contributed by atoms with E-state index in [0.717, 1.165) is 113 Å². The molecule has 1 N–H and O–H groups in total. The van der Waals surface area contributed by atoms with Gasteiger partial charge in [-0.3, -0.25) is 38.9 Å². The summed E-state index contributed by atoms with van der Waals surface area (Å²) in [6.07, 6.45) is 10.3. The van der Waals surface area contributed by atoms with E-state index in [4.69, 9.17) is 21.3 Å². The predicted octanol–water partition coefficient (Wildman–Crippen LogP) is 7.67. The third kappa shape index (κ3) is 6.39. The highest BCUT2D eigenvalue weighted by atomic mass is 35.5. The second-order valence-corrected chi connectivity index (χ2v) is 20.1. The smallest absolute Gasteiger partial charge is 0.282 e. The van der Waals surface area contributed by atoms with Crippen molar-refractivity contribution in [3.05, 3.63) is 133 Å². The molecule has 7 heterocycles. The molecule has 4 fully saturated rings. The summed E-state index contributed by atoms with van der Waals surface area (Å²) in [5.41, 5.74) is 9.60. The van der Waals surface area contributed by atoms with Crippen molar-refractivity contribution in [2.45, 2.75) is 113 Å². The summed E-state index contributed by atoms with van der Waals surface area (Å²) in [5, 5.41) is 3.37. The van der Waals surface area contributed by atoms with Crippen LogP contribution >= 0.6 is 11.6 Å². The van der Waals surface area contributed by atoms with Crippen LogP contribution in [0.4, 0.5) is 0 Å². The van der Waals surface area contributed by atoms with E-state index in [0.29, 0.717) is 41.5 Å². The standard InChI is InChI=1S/C52H53ClN6O5/c53-40-5-4-6-41-45(40)48(62)55-50-52(19-2-1-3-20-52)38-13-11-35(27-43(38)59(41)50)34-17-23-56(24-18-34)28-32-7-9-33(10-8-32)29-57-25-21-51(22-26-57)31-64-46-37-30-58(42-15-16-44(60)54-47(42)61)49(63)36(37)12-14-39(46)51/h4-14,27,34,42H,1-3,15-26,28-31H2,(H,54,60,61). The van der Waals surface area contributed by atoms with E-state index in [1.54, 1.807) is 11.0 Å². The molecular formula is C52H53ClN6O5. The Morgan fingerprint density at radius 1 is 0.781 bits per heavy atom. The van der Waals surface area contributed by atoms with E-state index in [1.165, 1.54) is 39.9 Å². The van der Waals surface area contributed by atoms with Gasteiger partial charge in [-0.25, -0.2) is 0 Å². The highest BCUT2D eigenvalue weighted by Crippen LogP contribution is 2.53. The molecular weight excluding hydrogens is 824 g/mol. The van der Waals surface area contributed by atoms with Gasteiger partial charge in [-0.05, 0) is 124 Å². The first-order valence-electron chi connectivity index (χ1n) is 23.5. The van der Waals surface area contributed by atoms with Crippen molar-refractivity contribution < 1.29 is 19.1 Å². The molecule has 1 saturated carbocycles. The molecule has 2 spiro atoms. The van der Waals surface area contributed by atoms with Crippen LogP contribution in [0.15, 0.2) is 77.6 Å². The second-order valence-electron chi connectivity index (χ2n) is 19.7. The van der Waals surface area contributed by atoms with Crippen LogP contribution < -0.4 is 15.6 Å². The summed E-state index contributed by atoms with van der Waals surface area (Å²) >= 11 is 6.63. The first-order chi connectivity index (χ1) is 31.2. The van der Waals surface area contributed by atoms with Crippen LogP contribution in [0.3, 0.4) is 0 Å². The number of aromatic nitrogens is 2. The summed E-state index contributed by atoms with van der Waals surface area (Å²) in [4.78, 5) is 62.7. The van der Waals surface area contributed by atoms with Crippen LogP contribution in [0.2, 0.25) is 5.02 Å². The number of fused-ring (bicyclic) bond motifs is 11. The average molecular weight is 877 g/mol. The molecule has 11 nitrogen and oxygen atoms in total. The molecule has 328 valence electrons. The molecule has 1 atom stereocenters. The van der Waals surface area contributed by atoms with Crippen LogP contribution in [-0.4, -0.2) is 80.8 Å². The summed E-state index contributed by atoms with van der Waals surface area (Å²) < 4.78 is 8.69. The molecule has 3 amide bonds. The van der Waals surface area contributed by atoms with Crippen LogP contribution in [0, 0.1) is 0 Å². The maximum atomic E-state index is 13.4. The lowest BCUT2D eigenvalue weighted by molar-refractivity contribution is -0.136. The average Bonchev–Trinajstić information content (AvgIpc) is 3.93. The maximum absolute atomic E-state index is 13.4. The van der Waals surface area contributed by atoms with Crippen LogP contribution in [-0.2, 0) is 40.1 Å². The van der Waals surface area contributed by atoms with Crippen molar-refractivity contribution in [3.63, 3.8) is 0 Å². The Morgan fingerprint density at radius 2 is 1.50 bits per heavy atom. The van der Waals surface area contributed by atoms with E-state index in [-0.39, 0.29) is 34.6 Å². The molecule has 0 bridgehead atoms. The fourth-order valence-corrected chi connectivity index (χ4v) is 12.9. The maximum Gasteiger partial charge on any atom is 0.282 e. The third-order valence-electron chi connectivity index (χ3n) is 16.2. The van der Waals surface area contributed by atoms with Gasteiger partial charge in [-0.1, -0.05) is 79.4 Å². The zero-order chi connectivity index (χ0) is 43.3. The van der Waals surface area contributed by atoms with Gasteiger partial charge in [0.05, 0.1) is 40.2 Å². The monoisotopic (exact) mass is 876 g/mol. The summed E-state index contributed by atoms with van der Waals surface area (Å²) in [7, 11) is 0. The quantitative estimate of drug-likeness (QED) is 0.173. The number of nitrogens with zero attached hydrogens (tertiary/aromatic N) is 5. The Labute approximate surface area is 377 Å². The number of hydrogen-bond donors (Lipinski definition) is 1. The van der Waals surface area contributed by atoms with Crippen molar-refractivity contribution in [1.82, 2.24) is 29.6 Å². The molecule has 0 radical (unpaired) electrons. The number of halogens is 1. The van der Waals surface area contributed by atoms with Crippen LogP contribution in [0.1, 0.15) is 126 Å². The minimum absolute atomic E-state index is 0.0735. The van der Waals surface area contributed by atoms with Gasteiger partial charge < -0.3 is 9.64 Å². The van der Waals surface area contributed by atoms with Crippen molar-refractivity contribution in [1.29, 1.82) is 0 Å². The number of nitrogens with one attached hydrogen (secondary N) is 1. The number of hydrogen-bond acceptors (Lipinski definition) is 8. The van der Waals surface area contributed by atoms with Gasteiger partial charge in [-0.15, -0.1) is 0 Å². The number of imide groups is 1. The molecule has 3 saturated heterocycles. The molecule has 7 aliphatic rings. The van der Waals surface area contributed by atoms with Gasteiger partial charge in [0.15, 0.2) is 0 Å².